The van der Waals surface area contributed by atoms with Gasteiger partial charge >= 0.3 is 0 Å². The van der Waals surface area contributed by atoms with Crippen LogP contribution in [0.15, 0.2) is 18.2 Å². The van der Waals surface area contributed by atoms with Crippen molar-refractivity contribution in [1.82, 2.24) is 0 Å². The first kappa shape index (κ1) is 15.3. The normalized spacial score (nSPS) is 11.2. The molecule has 1 N–H and O–H groups in total. The Bertz CT molecular complexity index is 444. The van der Waals surface area contributed by atoms with E-state index in [0.29, 0.717) is 5.75 Å². The number of non-ortho nitro benzene ring substituents is 1. The zero-order chi connectivity index (χ0) is 14.5. The Labute approximate surface area is 114 Å². The second-order valence-electron chi connectivity index (χ2n) is 5.11. The fourth-order valence-corrected chi connectivity index (χ4v) is 1.51. The summed E-state index contributed by atoms with van der Waals surface area (Å²) in [5.74, 6) is 0.527. The summed E-state index contributed by atoms with van der Waals surface area (Å²) in [6.07, 6.45) is 1.78. The van der Waals surface area contributed by atoms with Crippen molar-refractivity contribution < 1.29 is 9.66 Å². The van der Waals surface area contributed by atoms with E-state index in [4.69, 9.17) is 4.74 Å². The molecule has 0 atom stereocenters. The molecule has 0 saturated heterocycles. The van der Waals surface area contributed by atoms with E-state index in [1.165, 1.54) is 12.1 Å². The van der Waals surface area contributed by atoms with Crippen LogP contribution in [0.25, 0.3) is 0 Å². The third-order valence-electron chi connectivity index (χ3n) is 2.93. The Hall–Kier alpha value is -1.78. The summed E-state index contributed by atoms with van der Waals surface area (Å²) in [6.45, 7) is 8.77. The molecule has 0 aliphatic heterocycles. The molecule has 0 fully saturated rings. The average Bonchev–Trinajstić information content (AvgIpc) is 2.35. The molecule has 1 aromatic rings. The molecule has 0 aliphatic carbocycles. The van der Waals surface area contributed by atoms with Gasteiger partial charge in [0.2, 0.25) is 0 Å². The molecule has 0 aromatic heterocycles. The van der Waals surface area contributed by atoms with Crippen LogP contribution in [0, 0.1) is 10.1 Å². The van der Waals surface area contributed by atoms with Crippen LogP contribution in [0.5, 0.6) is 5.75 Å². The standard InChI is InChI=1S/C14H22N2O3/c1-5-7-15-11-8-12(16(17)18)10-13(9-11)19-14(3,4)6-2/h8-10,15H,5-7H2,1-4H3. The van der Waals surface area contributed by atoms with Crippen LogP contribution in [0.1, 0.15) is 40.5 Å². The maximum atomic E-state index is 10.9. The lowest BCUT2D eigenvalue weighted by Gasteiger charge is -2.25. The predicted octanol–water partition coefficient (Wildman–Crippen LogP) is 3.98. The van der Waals surface area contributed by atoms with Crippen molar-refractivity contribution >= 4 is 11.4 Å². The van der Waals surface area contributed by atoms with Gasteiger partial charge in [-0.25, -0.2) is 0 Å². The quantitative estimate of drug-likeness (QED) is 0.598. The number of hydrogen-bond donors (Lipinski definition) is 1. The van der Waals surface area contributed by atoms with Gasteiger partial charge < -0.3 is 10.1 Å². The molecule has 5 nitrogen and oxygen atoms in total. The highest BCUT2D eigenvalue weighted by Gasteiger charge is 2.19. The molecule has 106 valence electrons. The van der Waals surface area contributed by atoms with Crippen molar-refractivity contribution in [3.8, 4) is 5.75 Å². The summed E-state index contributed by atoms with van der Waals surface area (Å²) >= 11 is 0. The van der Waals surface area contributed by atoms with E-state index < -0.39 is 4.92 Å². The highest BCUT2D eigenvalue weighted by molar-refractivity contribution is 5.56. The predicted molar refractivity (Wildman–Crippen MR) is 76.9 cm³/mol. The third-order valence-corrected chi connectivity index (χ3v) is 2.93. The largest absolute Gasteiger partial charge is 0.488 e. The van der Waals surface area contributed by atoms with E-state index >= 15 is 0 Å². The van der Waals surface area contributed by atoms with E-state index in [1.807, 2.05) is 27.7 Å². The minimum atomic E-state index is -0.400. The van der Waals surface area contributed by atoms with Gasteiger partial charge in [0, 0.05) is 24.4 Å². The summed E-state index contributed by atoms with van der Waals surface area (Å²) in [4.78, 5) is 10.5. The molecule has 0 saturated carbocycles. The van der Waals surface area contributed by atoms with Crippen molar-refractivity contribution in [1.29, 1.82) is 0 Å². The van der Waals surface area contributed by atoms with Gasteiger partial charge in [0.25, 0.3) is 5.69 Å². The Morgan fingerprint density at radius 2 is 2.00 bits per heavy atom. The van der Waals surface area contributed by atoms with Crippen molar-refractivity contribution in [3.05, 3.63) is 28.3 Å². The molecule has 5 heteroatoms. The van der Waals surface area contributed by atoms with Crippen LogP contribution < -0.4 is 10.1 Å². The van der Waals surface area contributed by atoms with Gasteiger partial charge in [-0.3, -0.25) is 10.1 Å². The molecule has 19 heavy (non-hydrogen) atoms. The lowest BCUT2D eigenvalue weighted by atomic mass is 10.1. The molecule has 0 radical (unpaired) electrons. The van der Waals surface area contributed by atoms with Gasteiger partial charge in [0.05, 0.1) is 11.0 Å². The van der Waals surface area contributed by atoms with E-state index in [9.17, 15) is 10.1 Å². The van der Waals surface area contributed by atoms with Gasteiger partial charge in [0.1, 0.15) is 11.4 Å². The number of nitro groups is 1. The van der Waals surface area contributed by atoms with Crippen LogP contribution in [0.2, 0.25) is 0 Å². The minimum Gasteiger partial charge on any atom is -0.488 e. The average molecular weight is 266 g/mol. The lowest BCUT2D eigenvalue weighted by molar-refractivity contribution is -0.384. The number of rotatable bonds is 7. The Balaban J connectivity index is 3.02. The fourth-order valence-electron chi connectivity index (χ4n) is 1.51. The van der Waals surface area contributed by atoms with Crippen molar-refractivity contribution in [3.63, 3.8) is 0 Å². The van der Waals surface area contributed by atoms with Crippen LogP contribution in [-0.4, -0.2) is 17.1 Å². The Morgan fingerprint density at radius 3 is 2.53 bits per heavy atom. The van der Waals surface area contributed by atoms with Crippen LogP contribution in [-0.2, 0) is 0 Å². The van der Waals surface area contributed by atoms with Gasteiger partial charge in [-0.05, 0) is 26.7 Å². The number of nitrogens with one attached hydrogen (secondary N) is 1. The molecule has 0 aliphatic rings. The number of benzene rings is 1. The Kier molecular flexibility index (Phi) is 5.15. The zero-order valence-electron chi connectivity index (χ0n) is 12.0. The first-order valence-corrected chi connectivity index (χ1v) is 6.60. The zero-order valence-corrected chi connectivity index (χ0v) is 12.0. The van der Waals surface area contributed by atoms with Crippen LogP contribution in [0.3, 0.4) is 0 Å². The smallest absolute Gasteiger partial charge is 0.275 e. The monoisotopic (exact) mass is 266 g/mol. The number of nitro benzene ring substituents is 1. The number of hydrogen-bond acceptors (Lipinski definition) is 4. The molecule has 1 aromatic carbocycles. The van der Waals surface area contributed by atoms with E-state index in [-0.39, 0.29) is 11.3 Å². The molecule has 0 heterocycles. The van der Waals surface area contributed by atoms with Gasteiger partial charge in [-0.15, -0.1) is 0 Å². The topological polar surface area (TPSA) is 64.4 Å². The molecule has 0 spiro atoms. The first-order valence-electron chi connectivity index (χ1n) is 6.60. The summed E-state index contributed by atoms with van der Waals surface area (Å²) in [7, 11) is 0. The maximum absolute atomic E-state index is 10.9. The van der Waals surface area contributed by atoms with Crippen molar-refractivity contribution in [2.45, 2.75) is 46.1 Å². The number of nitrogens with zero attached hydrogens (tertiary/aromatic N) is 1. The number of ether oxygens (including phenoxy) is 1. The fraction of sp³-hybridized carbons (Fsp3) is 0.571. The second kappa shape index (κ2) is 6.41. The molecular weight excluding hydrogens is 244 g/mol. The van der Waals surface area contributed by atoms with E-state index in [2.05, 4.69) is 5.32 Å². The SMILES string of the molecule is CCCNc1cc(OC(C)(C)CC)cc([N+](=O)[O-])c1. The maximum Gasteiger partial charge on any atom is 0.275 e. The lowest BCUT2D eigenvalue weighted by Crippen LogP contribution is -2.26. The summed E-state index contributed by atoms with van der Waals surface area (Å²) in [5, 5.41) is 14.1. The van der Waals surface area contributed by atoms with Gasteiger partial charge in [0.15, 0.2) is 0 Å². The first-order chi connectivity index (χ1) is 8.88. The van der Waals surface area contributed by atoms with Crippen molar-refractivity contribution in [2.75, 3.05) is 11.9 Å². The van der Waals surface area contributed by atoms with E-state index in [0.717, 1.165) is 25.1 Å². The molecule has 1 rings (SSSR count). The Morgan fingerprint density at radius 1 is 1.32 bits per heavy atom. The highest BCUT2D eigenvalue weighted by Crippen LogP contribution is 2.29. The summed E-state index contributed by atoms with van der Waals surface area (Å²) in [5.41, 5.74) is 0.429. The molecule has 0 unspecified atom stereocenters. The van der Waals surface area contributed by atoms with Gasteiger partial charge in [-0.2, -0.15) is 0 Å². The van der Waals surface area contributed by atoms with Crippen LogP contribution in [0.4, 0.5) is 11.4 Å². The van der Waals surface area contributed by atoms with Gasteiger partial charge in [-0.1, -0.05) is 13.8 Å². The summed E-state index contributed by atoms with van der Waals surface area (Å²) in [6, 6.07) is 4.80. The summed E-state index contributed by atoms with van der Waals surface area (Å²) < 4.78 is 5.82. The molecule has 0 amide bonds. The third kappa shape index (κ3) is 4.77. The highest BCUT2D eigenvalue weighted by atomic mass is 16.6. The van der Waals surface area contributed by atoms with E-state index in [1.54, 1.807) is 6.07 Å². The minimum absolute atomic E-state index is 0.0445. The van der Waals surface area contributed by atoms with Crippen molar-refractivity contribution in [2.24, 2.45) is 0 Å². The van der Waals surface area contributed by atoms with Crippen LogP contribution >= 0.6 is 0 Å². The molecule has 0 bridgehead atoms. The second-order valence-corrected chi connectivity index (χ2v) is 5.11. The number of anilines is 1. The molecular formula is C14H22N2O3.